The lowest BCUT2D eigenvalue weighted by Crippen LogP contribution is -2.37. The minimum absolute atomic E-state index is 0.0660. The molecule has 2 heterocycles. The zero-order valence-corrected chi connectivity index (χ0v) is 13.8. The van der Waals surface area contributed by atoms with E-state index in [1.807, 2.05) is 11.8 Å². The van der Waals surface area contributed by atoms with Crippen LogP contribution in [0.3, 0.4) is 0 Å². The van der Waals surface area contributed by atoms with Crippen LogP contribution >= 0.6 is 0 Å². The molecule has 7 heteroatoms. The first kappa shape index (κ1) is 16.3. The number of amides is 2. The van der Waals surface area contributed by atoms with E-state index in [4.69, 9.17) is 0 Å². The molecule has 0 radical (unpaired) electrons. The van der Waals surface area contributed by atoms with Gasteiger partial charge in [-0.15, -0.1) is 0 Å². The molecular weight excluding hydrogens is 308 g/mol. The first-order valence-corrected chi connectivity index (χ1v) is 8.37. The smallest absolute Gasteiger partial charge is 0.323 e. The predicted molar refractivity (Wildman–Crippen MR) is 90.9 cm³/mol. The quantitative estimate of drug-likeness (QED) is 0.890. The van der Waals surface area contributed by atoms with Gasteiger partial charge in [-0.05, 0) is 31.0 Å². The van der Waals surface area contributed by atoms with Gasteiger partial charge >= 0.3 is 5.69 Å². The number of carbonyl (C=O) groups is 2. The van der Waals surface area contributed by atoms with Crippen molar-refractivity contribution in [1.29, 1.82) is 0 Å². The molecule has 0 saturated carbocycles. The molecule has 1 saturated heterocycles. The minimum atomic E-state index is -0.283. The highest BCUT2D eigenvalue weighted by Crippen LogP contribution is 2.14. The van der Waals surface area contributed by atoms with Gasteiger partial charge in [0, 0.05) is 38.2 Å². The van der Waals surface area contributed by atoms with Crippen LogP contribution in [0.5, 0.6) is 0 Å². The lowest BCUT2D eigenvalue weighted by molar-refractivity contribution is -0.131. The van der Waals surface area contributed by atoms with E-state index >= 15 is 0 Å². The van der Waals surface area contributed by atoms with Crippen LogP contribution in [0, 0.1) is 0 Å². The fourth-order valence-corrected chi connectivity index (χ4v) is 3.09. The van der Waals surface area contributed by atoms with Crippen molar-refractivity contribution in [3.05, 3.63) is 34.2 Å². The molecule has 2 N–H and O–H groups in total. The second-order valence-electron chi connectivity index (χ2n) is 6.12. The van der Waals surface area contributed by atoms with E-state index in [9.17, 15) is 14.4 Å². The number of fused-ring (bicyclic) bond motifs is 1. The van der Waals surface area contributed by atoms with Crippen LogP contribution < -0.4 is 5.69 Å². The summed E-state index contributed by atoms with van der Waals surface area (Å²) in [4.78, 5) is 45.1. The van der Waals surface area contributed by atoms with Crippen molar-refractivity contribution in [2.75, 3.05) is 26.2 Å². The maximum absolute atomic E-state index is 12.7. The van der Waals surface area contributed by atoms with Gasteiger partial charge in [-0.1, -0.05) is 6.92 Å². The average Bonchev–Trinajstić information content (AvgIpc) is 2.78. The van der Waals surface area contributed by atoms with E-state index in [-0.39, 0.29) is 17.5 Å². The van der Waals surface area contributed by atoms with Crippen LogP contribution in [0.15, 0.2) is 23.0 Å². The monoisotopic (exact) mass is 330 g/mol. The number of rotatable bonds is 3. The highest BCUT2D eigenvalue weighted by molar-refractivity contribution is 5.97. The van der Waals surface area contributed by atoms with Gasteiger partial charge < -0.3 is 19.8 Å². The molecule has 1 aliphatic rings. The van der Waals surface area contributed by atoms with Crippen molar-refractivity contribution < 1.29 is 9.59 Å². The Morgan fingerprint density at radius 3 is 2.54 bits per heavy atom. The van der Waals surface area contributed by atoms with Crippen molar-refractivity contribution >= 4 is 22.8 Å². The molecule has 1 fully saturated rings. The van der Waals surface area contributed by atoms with Crippen LogP contribution in [0.1, 0.15) is 36.5 Å². The molecule has 2 aromatic rings. The van der Waals surface area contributed by atoms with E-state index < -0.39 is 0 Å². The van der Waals surface area contributed by atoms with Crippen LogP contribution in [-0.2, 0) is 4.79 Å². The molecule has 1 aliphatic heterocycles. The largest absolute Gasteiger partial charge is 0.341 e. The second kappa shape index (κ2) is 6.90. The Balaban J connectivity index is 1.72. The summed E-state index contributed by atoms with van der Waals surface area (Å²) >= 11 is 0. The summed E-state index contributed by atoms with van der Waals surface area (Å²) in [5, 5.41) is 0. The van der Waals surface area contributed by atoms with Gasteiger partial charge in [-0.2, -0.15) is 0 Å². The Kier molecular flexibility index (Phi) is 4.69. The summed E-state index contributed by atoms with van der Waals surface area (Å²) < 4.78 is 0. The zero-order chi connectivity index (χ0) is 17.1. The van der Waals surface area contributed by atoms with Crippen LogP contribution in [-0.4, -0.2) is 57.8 Å². The third-order valence-electron chi connectivity index (χ3n) is 4.36. The number of nitrogens with zero attached hydrogens (tertiary/aromatic N) is 2. The standard InChI is InChI=1S/C17H22N4O3/c1-2-4-15(22)20-7-3-8-21(10-9-20)16(23)12-5-6-13-14(11-12)19-17(24)18-13/h5-6,11H,2-4,7-10H2,1H3,(H2,18,19,24). The van der Waals surface area contributed by atoms with Crippen molar-refractivity contribution in [1.82, 2.24) is 19.8 Å². The van der Waals surface area contributed by atoms with Gasteiger partial charge in [0.2, 0.25) is 5.91 Å². The first-order chi connectivity index (χ1) is 11.6. The lowest BCUT2D eigenvalue weighted by Gasteiger charge is -2.22. The molecule has 1 aromatic heterocycles. The molecular formula is C17H22N4O3. The molecule has 24 heavy (non-hydrogen) atoms. The number of hydrogen-bond donors (Lipinski definition) is 2. The van der Waals surface area contributed by atoms with Gasteiger partial charge in [0.25, 0.3) is 5.91 Å². The molecule has 128 valence electrons. The molecule has 0 spiro atoms. The summed E-state index contributed by atoms with van der Waals surface area (Å²) in [5.41, 5.74) is 1.57. The van der Waals surface area contributed by atoms with E-state index in [1.165, 1.54) is 0 Å². The van der Waals surface area contributed by atoms with E-state index in [1.54, 1.807) is 23.1 Å². The maximum Gasteiger partial charge on any atom is 0.323 e. The normalized spacial score (nSPS) is 15.5. The van der Waals surface area contributed by atoms with Crippen molar-refractivity contribution in [3.63, 3.8) is 0 Å². The average molecular weight is 330 g/mol. The fourth-order valence-electron chi connectivity index (χ4n) is 3.09. The second-order valence-corrected chi connectivity index (χ2v) is 6.12. The Morgan fingerprint density at radius 1 is 1.04 bits per heavy atom. The Labute approximate surface area is 139 Å². The summed E-state index contributed by atoms with van der Waals surface area (Å²) in [6, 6.07) is 5.15. The van der Waals surface area contributed by atoms with Crippen LogP contribution in [0.2, 0.25) is 0 Å². The number of aromatic nitrogens is 2. The zero-order valence-electron chi connectivity index (χ0n) is 13.8. The van der Waals surface area contributed by atoms with Gasteiger partial charge in [-0.3, -0.25) is 9.59 Å². The summed E-state index contributed by atoms with van der Waals surface area (Å²) in [6.07, 6.45) is 2.18. The summed E-state index contributed by atoms with van der Waals surface area (Å²) in [5.74, 6) is 0.0989. The number of benzene rings is 1. The van der Waals surface area contributed by atoms with E-state index in [2.05, 4.69) is 9.97 Å². The number of imidazole rings is 1. The van der Waals surface area contributed by atoms with E-state index in [0.29, 0.717) is 49.2 Å². The van der Waals surface area contributed by atoms with Crippen LogP contribution in [0.25, 0.3) is 11.0 Å². The lowest BCUT2D eigenvalue weighted by atomic mass is 10.1. The molecule has 0 aliphatic carbocycles. The number of hydrogen-bond acceptors (Lipinski definition) is 3. The van der Waals surface area contributed by atoms with Crippen molar-refractivity contribution in [3.8, 4) is 0 Å². The number of carbonyl (C=O) groups excluding carboxylic acids is 2. The molecule has 1 aromatic carbocycles. The Bertz CT molecular complexity index is 808. The third kappa shape index (κ3) is 3.34. The molecule has 0 atom stereocenters. The minimum Gasteiger partial charge on any atom is -0.341 e. The third-order valence-corrected chi connectivity index (χ3v) is 4.36. The number of nitrogens with one attached hydrogen (secondary N) is 2. The Morgan fingerprint density at radius 2 is 1.75 bits per heavy atom. The van der Waals surface area contributed by atoms with Gasteiger partial charge in [0.15, 0.2) is 0 Å². The van der Waals surface area contributed by atoms with E-state index in [0.717, 1.165) is 12.8 Å². The fraction of sp³-hybridized carbons (Fsp3) is 0.471. The highest BCUT2D eigenvalue weighted by Gasteiger charge is 2.22. The molecule has 7 nitrogen and oxygen atoms in total. The van der Waals surface area contributed by atoms with Gasteiger partial charge in [0.1, 0.15) is 0 Å². The SMILES string of the molecule is CCCC(=O)N1CCCN(C(=O)c2ccc3[nH]c(=O)[nH]c3c2)CC1. The van der Waals surface area contributed by atoms with Crippen molar-refractivity contribution in [2.24, 2.45) is 0 Å². The van der Waals surface area contributed by atoms with Gasteiger partial charge in [-0.25, -0.2) is 4.79 Å². The number of H-pyrrole nitrogens is 2. The van der Waals surface area contributed by atoms with Crippen LogP contribution in [0.4, 0.5) is 0 Å². The highest BCUT2D eigenvalue weighted by atomic mass is 16.2. The molecule has 3 rings (SSSR count). The Hall–Kier alpha value is -2.57. The first-order valence-electron chi connectivity index (χ1n) is 8.37. The molecule has 0 bridgehead atoms. The molecule has 2 amide bonds. The topological polar surface area (TPSA) is 89.3 Å². The maximum atomic E-state index is 12.7. The number of aromatic amines is 2. The van der Waals surface area contributed by atoms with Crippen molar-refractivity contribution in [2.45, 2.75) is 26.2 Å². The predicted octanol–water partition coefficient (Wildman–Crippen LogP) is 1.33. The summed E-state index contributed by atoms with van der Waals surface area (Å²) in [7, 11) is 0. The molecule has 0 unspecified atom stereocenters. The summed E-state index contributed by atoms with van der Waals surface area (Å²) in [6.45, 7) is 4.44. The van der Waals surface area contributed by atoms with Gasteiger partial charge in [0.05, 0.1) is 11.0 Å².